The van der Waals surface area contributed by atoms with Gasteiger partial charge in [0, 0.05) is 21.2 Å². The highest BCUT2D eigenvalue weighted by atomic mass is 16.2. The molecule has 0 N–H and O–H groups in total. The molecule has 10 nitrogen and oxygen atoms in total. The molecule has 0 aliphatic carbocycles. The Morgan fingerprint density at radius 2 is 1.00 bits per heavy atom. The summed E-state index contributed by atoms with van der Waals surface area (Å²) in [6, 6.07) is 11.1. The Kier molecular flexibility index (Phi) is 3.74. The number of carbonyl (C=O) groups excluding carboxylic acids is 2. The molecule has 0 spiro atoms. The average Bonchev–Trinajstić information content (AvgIpc) is 2.59. The lowest BCUT2D eigenvalue weighted by molar-refractivity contribution is 0.226. The van der Waals surface area contributed by atoms with Crippen molar-refractivity contribution >= 4 is 34.8 Å². The van der Waals surface area contributed by atoms with E-state index >= 15 is 0 Å². The van der Waals surface area contributed by atoms with Gasteiger partial charge in [-0.3, -0.25) is 0 Å². The first-order chi connectivity index (χ1) is 11.7. The van der Waals surface area contributed by atoms with Crippen LogP contribution in [0, 0.1) is 0 Å². The lowest BCUT2D eigenvalue weighted by Gasteiger charge is -2.38. The molecule has 0 atom stereocenters. The maximum absolute atomic E-state index is 12.3. The molecular formula is C14H8N8O2. The molecule has 116 valence electrons. The zero-order valence-corrected chi connectivity index (χ0v) is 12.0. The normalized spacial score (nSPS) is 13.0. The van der Waals surface area contributed by atoms with Crippen LogP contribution >= 0.6 is 0 Å². The van der Waals surface area contributed by atoms with Crippen molar-refractivity contribution < 1.29 is 9.59 Å². The van der Waals surface area contributed by atoms with Gasteiger partial charge < -0.3 is 0 Å². The minimum absolute atomic E-state index is 0.379. The van der Waals surface area contributed by atoms with Crippen molar-refractivity contribution in [1.82, 2.24) is 0 Å². The molecule has 2 aromatic rings. The van der Waals surface area contributed by atoms with Crippen LogP contribution in [0.3, 0.4) is 0 Å². The third-order valence-electron chi connectivity index (χ3n) is 3.30. The first kappa shape index (κ1) is 14.9. The highest BCUT2D eigenvalue weighted by Crippen LogP contribution is 2.32. The zero-order valence-electron chi connectivity index (χ0n) is 12.0. The fraction of sp³-hybridized carbons (Fsp3) is 0. The summed E-state index contributed by atoms with van der Waals surface area (Å²) in [6.45, 7) is 0. The number of azide groups is 2. The second kappa shape index (κ2) is 6.01. The van der Waals surface area contributed by atoms with Crippen molar-refractivity contribution in [3.63, 3.8) is 0 Å². The van der Waals surface area contributed by atoms with Crippen molar-refractivity contribution in [3.05, 3.63) is 69.4 Å². The Labute approximate surface area is 134 Å². The number of carbonyl (C=O) groups is 2. The van der Waals surface area contributed by atoms with Gasteiger partial charge in [-0.05, 0) is 35.3 Å². The van der Waals surface area contributed by atoms with Crippen LogP contribution in [0.5, 0.6) is 0 Å². The van der Waals surface area contributed by atoms with Crippen molar-refractivity contribution in [3.8, 4) is 0 Å². The first-order valence-corrected chi connectivity index (χ1v) is 6.64. The zero-order chi connectivity index (χ0) is 17.1. The van der Waals surface area contributed by atoms with E-state index in [1.807, 2.05) is 0 Å². The van der Waals surface area contributed by atoms with E-state index in [-0.39, 0.29) is 0 Å². The summed E-state index contributed by atoms with van der Waals surface area (Å²) in [5, 5.41) is 6.84. The second-order valence-corrected chi connectivity index (χ2v) is 4.65. The monoisotopic (exact) mass is 320 g/mol. The van der Waals surface area contributed by atoms with Gasteiger partial charge >= 0.3 is 12.1 Å². The third kappa shape index (κ3) is 2.46. The number of benzene rings is 2. The van der Waals surface area contributed by atoms with E-state index in [2.05, 4.69) is 20.1 Å². The summed E-state index contributed by atoms with van der Waals surface area (Å²) in [5.41, 5.74) is 18.2. The van der Waals surface area contributed by atoms with Gasteiger partial charge in [0.25, 0.3) is 0 Å². The van der Waals surface area contributed by atoms with Gasteiger partial charge in [0.2, 0.25) is 0 Å². The van der Waals surface area contributed by atoms with Crippen LogP contribution in [0.1, 0.15) is 0 Å². The van der Waals surface area contributed by atoms with Crippen LogP contribution in [0.2, 0.25) is 0 Å². The number of anilines is 2. The lowest BCUT2D eigenvalue weighted by atomic mass is 10.2. The van der Waals surface area contributed by atoms with E-state index < -0.39 is 12.1 Å². The number of amides is 4. The first-order valence-electron chi connectivity index (χ1n) is 6.64. The Hall–Kier alpha value is -4.00. The summed E-state index contributed by atoms with van der Waals surface area (Å²) >= 11 is 0. The number of hydrogen-bond donors (Lipinski definition) is 0. The number of imide groups is 2. The number of hydrogen-bond acceptors (Lipinski definition) is 4. The van der Waals surface area contributed by atoms with Gasteiger partial charge in [0.1, 0.15) is 0 Å². The topological polar surface area (TPSA) is 138 Å². The minimum atomic E-state index is -0.506. The van der Waals surface area contributed by atoms with Crippen LogP contribution in [0.4, 0.5) is 32.3 Å². The van der Waals surface area contributed by atoms with Crippen molar-refractivity contribution in [2.75, 3.05) is 9.80 Å². The predicted molar refractivity (Wildman–Crippen MR) is 86.2 cm³/mol. The molecular weight excluding hydrogens is 312 g/mol. The SMILES string of the molecule is [N-]=[N+]=Nc1ccc(N2C(=O)N(c3ccc(N=[N+]=[N-])cc3)C2=O)cc1. The summed E-state index contributed by atoms with van der Waals surface area (Å²) in [5.74, 6) is 0. The Bertz CT molecular complexity index is 819. The lowest BCUT2D eigenvalue weighted by Crippen LogP contribution is -2.64. The smallest absolute Gasteiger partial charge is 0.246 e. The second-order valence-electron chi connectivity index (χ2n) is 4.65. The summed E-state index contributed by atoms with van der Waals surface area (Å²) < 4.78 is 0. The molecule has 3 rings (SSSR count). The molecule has 4 amide bonds. The molecule has 1 aliphatic rings. The molecule has 1 aliphatic heterocycles. The fourth-order valence-electron chi connectivity index (χ4n) is 2.20. The van der Waals surface area contributed by atoms with Crippen LogP contribution in [0.25, 0.3) is 20.9 Å². The van der Waals surface area contributed by atoms with E-state index in [1.165, 1.54) is 48.5 Å². The largest absolute Gasteiger partial charge is 0.345 e. The van der Waals surface area contributed by atoms with Crippen LogP contribution in [0.15, 0.2) is 58.8 Å². The quantitative estimate of drug-likeness (QED) is 0.437. The predicted octanol–water partition coefficient (Wildman–Crippen LogP) is 5.14. The molecule has 0 radical (unpaired) electrons. The van der Waals surface area contributed by atoms with Gasteiger partial charge in [-0.15, -0.1) is 0 Å². The van der Waals surface area contributed by atoms with Crippen molar-refractivity contribution in [2.45, 2.75) is 0 Å². The van der Waals surface area contributed by atoms with E-state index in [0.717, 1.165) is 9.80 Å². The van der Waals surface area contributed by atoms with E-state index in [4.69, 9.17) is 11.1 Å². The summed E-state index contributed by atoms with van der Waals surface area (Å²) in [7, 11) is 0. The summed E-state index contributed by atoms with van der Waals surface area (Å²) in [4.78, 5) is 31.8. The molecule has 0 bridgehead atoms. The Morgan fingerprint density at radius 1 is 0.667 bits per heavy atom. The molecule has 0 saturated carbocycles. The maximum atomic E-state index is 12.3. The highest BCUT2D eigenvalue weighted by molar-refractivity contribution is 6.41. The van der Waals surface area contributed by atoms with Crippen LogP contribution in [-0.4, -0.2) is 12.1 Å². The molecule has 0 unspecified atom stereocenters. The van der Waals surface area contributed by atoms with Gasteiger partial charge in [-0.2, -0.15) is 0 Å². The van der Waals surface area contributed by atoms with Crippen molar-refractivity contribution in [1.29, 1.82) is 0 Å². The van der Waals surface area contributed by atoms with Crippen molar-refractivity contribution in [2.24, 2.45) is 10.2 Å². The average molecular weight is 320 g/mol. The van der Waals surface area contributed by atoms with E-state index in [0.29, 0.717) is 22.7 Å². The van der Waals surface area contributed by atoms with Gasteiger partial charge in [-0.1, -0.05) is 34.5 Å². The molecule has 1 heterocycles. The summed E-state index contributed by atoms with van der Waals surface area (Å²) in [6.07, 6.45) is 0. The molecule has 10 heteroatoms. The number of rotatable bonds is 4. The highest BCUT2D eigenvalue weighted by Gasteiger charge is 2.45. The van der Waals surface area contributed by atoms with Gasteiger partial charge in [0.05, 0.1) is 11.4 Å². The maximum Gasteiger partial charge on any atom is 0.345 e. The number of nitrogens with zero attached hydrogens (tertiary/aromatic N) is 8. The number of urea groups is 2. The molecule has 24 heavy (non-hydrogen) atoms. The van der Waals surface area contributed by atoms with Crippen LogP contribution < -0.4 is 9.80 Å². The fourth-order valence-corrected chi connectivity index (χ4v) is 2.20. The standard InChI is InChI=1S/C14H8N8O2/c15-19-17-9-1-5-11(6-2-9)21-13(23)22(14(21)24)12-7-3-10(4-8-12)18-20-16/h1-8H. The van der Waals surface area contributed by atoms with Crippen LogP contribution in [-0.2, 0) is 0 Å². The molecule has 0 aromatic heterocycles. The van der Waals surface area contributed by atoms with E-state index in [1.54, 1.807) is 0 Å². The third-order valence-corrected chi connectivity index (χ3v) is 3.30. The molecule has 1 saturated heterocycles. The van der Waals surface area contributed by atoms with Gasteiger partial charge in [0.15, 0.2) is 0 Å². The van der Waals surface area contributed by atoms with E-state index in [9.17, 15) is 9.59 Å². The van der Waals surface area contributed by atoms with Gasteiger partial charge in [-0.25, -0.2) is 19.4 Å². The Morgan fingerprint density at radius 3 is 1.29 bits per heavy atom. The minimum Gasteiger partial charge on any atom is -0.246 e. The molecule has 1 fully saturated rings. The molecule has 2 aromatic carbocycles. The Balaban J connectivity index is 1.81.